The number of amides is 2. The lowest BCUT2D eigenvalue weighted by atomic mass is 9.92. The van der Waals surface area contributed by atoms with Crippen molar-refractivity contribution in [2.45, 2.75) is 63.0 Å². The quantitative estimate of drug-likeness (QED) is 0.256. The van der Waals surface area contributed by atoms with E-state index in [-0.39, 0.29) is 12.6 Å². The summed E-state index contributed by atoms with van der Waals surface area (Å²) < 4.78 is 81.6. The Labute approximate surface area is 258 Å². The molecule has 4 nitrogen and oxygen atoms in total. The molecule has 0 N–H and O–H groups in total. The van der Waals surface area contributed by atoms with Crippen molar-refractivity contribution in [2.75, 3.05) is 13.1 Å². The van der Waals surface area contributed by atoms with Gasteiger partial charge in [0.05, 0.1) is 17.2 Å². The molecule has 2 aliphatic rings. The summed E-state index contributed by atoms with van der Waals surface area (Å²) in [7, 11) is 0. The van der Waals surface area contributed by atoms with Gasteiger partial charge in [-0.3, -0.25) is 9.59 Å². The van der Waals surface area contributed by atoms with Gasteiger partial charge in [-0.25, -0.2) is 0 Å². The molecule has 13 heteroatoms. The van der Waals surface area contributed by atoms with E-state index in [0.717, 1.165) is 21.8 Å². The summed E-state index contributed by atoms with van der Waals surface area (Å²) >= 11 is 14.2. The minimum absolute atomic E-state index is 0.0144. The molecule has 1 aromatic heterocycles. The highest BCUT2D eigenvalue weighted by Crippen LogP contribution is 2.42. The Morgan fingerprint density at radius 2 is 1.53 bits per heavy atom. The molecular weight excluding hydrogens is 637 g/mol. The molecule has 2 aromatic carbocycles. The molecule has 1 aliphatic heterocycles. The van der Waals surface area contributed by atoms with Gasteiger partial charge in [0.15, 0.2) is 0 Å². The number of nitrogens with zero attached hydrogens (tertiary/aromatic N) is 2. The van der Waals surface area contributed by atoms with E-state index in [9.17, 15) is 35.9 Å². The van der Waals surface area contributed by atoms with Gasteiger partial charge in [0.25, 0.3) is 5.91 Å². The SMILES string of the molecule is O=C(c1cc(C(F)(F)F)cc(C(F)(F)F)c1)N(CC(=O)N1CCc2sccc2[C@H]1c1ccc(Cl)cc1Cl)C1CCCCC1. The molecule has 0 unspecified atom stereocenters. The molecule has 1 atom stereocenters. The van der Waals surface area contributed by atoms with Gasteiger partial charge < -0.3 is 9.80 Å². The van der Waals surface area contributed by atoms with Crippen LogP contribution in [0.4, 0.5) is 26.3 Å². The zero-order valence-electron chi connectivity index (χ0n) is 22.6. The van der Waals surface area contributed by atoms with Crippen LogP contribution < -0.4 is 0 Å². The van der Waals surface area contributed by atoms with Crippen LogP contribution in [0.3, 0.4) is 0 Å². The fraction of sp³-hybridized carbons (Fsp3) is 0.400. The van der Waals surface area contributed by atoms with Crippen LogP contribution in [0.1, 0.15) is 75.6 Å². The fourth-order valence-electron chi connectivity index (χ4n) is 5.88. The minimum atomic E-state index is -5.11. The standard InChI is InChI=1S/C30H26Cl2F6N2O2S/c31-20-6-7-22(24(32)15-20)27-23-9-11-43-25(23)8-10-39(27)26(41)16-40(21-4-2-1-3-5-21)28(42)17-12-18(29(33,34)35)14-19(13-17)30(36,37)38/h6-7,9,11-15,21,27H,1-5,8,10,16H2/t27-/m1/s1. The van der Waals surface area contributed by atoms with Crippen LogP contribution in [-0.2, 0) is 23.6 Å². The smallest absolute Gasteiger partial charge is 0.330 e. The Morgan fingerprint density at radius 1 is 0.884 bits per heavy atom. The Balaban J connectivity index is 1.52. The predicted molar refractivity (Wildman–Crippen MR) is 152 cm³/mol. The molecule has 5 rings (SSSR count). The second-order valence-corrected chi connectivity index (χ2v) is 12.6. The number of rotatable bonds is 5. The molecule has 1 fully saturated rings. The van der Waals surface area contributed by atoms with E-state index in [0.29, 0.717) is 59.8 Å². The highest BCUT2D eigenvalue weighted by atomic mass is 35.5. The molecule has 3 aromatic rings. The van der Waals surface area contributed by atoms with Gasteiger partial charge in [-0.05, 0) is 72.2 Å². The summed E-state index contributed by atoms with van der Waals surface area (Å²) in [5, 5.41) is 2.64. The number of alkyl halides is 6. The van der Waals surface area contributed by atoms with Gasteiger partial charge in [0.1, 0.15) is 6.54 Å². The fourth-order valence-corrected chi connectivity index (χ4v) is 7.30. The molecule has 1 saturated carbocycles. The first-order valence-corrected chi connectivity index (χ1v) is 15.3. The van der Waals surface area contributed by atoms with Crippen molar-refractivity contribution in [1.29, 1.82) is 0 Å². The van der Waals surface area contributed by atoms with E-state index < -0.39 is 59.5 Å². The maximum absolute atomic E-state index is 14.0. The Hall–Kier alpha value is -2.76. The summed E-state index contributed by atoms with van der Waals surface area (Å²) in [6.45, 7) is -0.229. The van der Waals surface area contributed by atoms with E-state index >= 15 is 0 Å². The third-order valence-electron chi connectivity index (χ3n) is 7.96. The van der Waals surface area contributed by atoms with E-state index in [2.05, 4.69) is 0 Å². The second-order valence-electron chi connectivity index (χ2n) is 10.7. The van der Waals surface area contributed by atoms with Crippen molar-refractivity contribution >= 4 is 46.4 Å². The zero-order valence-corrected chi connectivity index (χ0v) is 24.9. The van der Waals surface area contributed by atoms with Crippen molar-refractivity contribution < 1.29 is 35.9 Å². The van der Waals surface area contributed by atoms with Crippen molar-refractivity contribution in [3.63, 3.8) is 0 Å². The molecular formula is C30H26Cl2F6N2O2S. The van der Waals surface area contributed by atoms with Gasteiger partial charge in [0, 0.05) is 33.1 Å². The molecule has 0 spiro atoms. The number of fused-ring (bicyclic) bond motifs is 1. The Morgan fingerprint density at radius 3 is 2.14 bits per heavy atom. The van der Waals surface area contributed by atoms with Gasteiger partial charge in [0.2, 0.25) is 5.91 Å². The van der Waals surface area contributed by atoms with Crippen molar-refractivity contribution in [3.05, 3.63) is 90.6 Å². The second kappa shape index (κ2) is 12.3. The number of carbonyl (C=O) groups excluding carboxylic acids is 2. The Kier molecular flexibility index (Phi) is 9.07. The van der Waals surface area contributed by atoms with Crippen LogP contribution >= 0.6 is 34.5 Å². The van der Waals surface area contributed by atoms with Crippen molar-refractivity contribution in [3.8, 4) is 0 Å². The van der Waals surface area contributed by atoms with Gasteiger partial charge >= 0.3 is 12.4 Å². The third kappa shape index (κ3) is 6.83. The highest BCUT2D eigenvalue weighted by Gasteiger charge is 2.40. The first kappa shape index (κ1) is 31.7. The first-order chi connectivity index (χ1) is 20.2. The van der Waals surface area contributed by atoms with Crippen molar-refractivity contribution in [1.82, 2.24) is 9.80 Å². The lowest BCUT2D eigenvalue weighted by Gasteiger charge is -2.40. The van der Waals surface area contributed by atoms with Crippen molar-refractivity contribution in [2.24, 2.45) is 0 Å². The van der Waals surface area contributed by atoms with E-state index in [4.69, 9.17) is 23.2 Å². The van der Waals surface area contributed by atoms with E-state index in [1.54, 1.807) is 23.1 Å². The number of hydrogen-bond donors (Lipinski definition) is 0. The molecule has 0 bridgehead atoms. The average Bonchev–Trinajstić information content (AvgIpc) is 3.44. The minimum Gasteiger partial charge on any atom is -0.330 e. The number of carbonyl (C=O) groups is 2. The predicted octanol–water partition coefficient (Wildman–Crippen LogP) is 9.04. The van der Waals surface area contributed by atoms with E-state index in [1.165, 1.54) is 11.3 Å². The molecule has 230 valence electrons. The van der Waals surface area contributed by atoms with E-state index in [1.807, 2.05) is 11.4 Å². The topological polar surface area (TPSA) is 40.6 Å². The highest BCUT2D eigenvalue weighted by molar-refractivity contribution is 7.10. The third-order valence-corrected chi connectivity index (χ3v) is 9.52. The normalized spacial score (nSPS) is 18.0. The van der Waals surface area contributed by atoms with Crippen LogP contribution in [-0.4, -0.2) is 40.7 Å². The largest absolute Gasteiger partial charge is 0.416 e. The van der Waals surface area contributed by atoms with Crippen LogP contribution in [0.2, 0.25) is 10.0 Å². The molecule has 1 aliphatic carbocycles. The summed E-state index contributed by atoms with van der Waals surface area (Å²) in [6, 6.07) is 6.52. The molecule has 2 heterocycles. The number of hydrogen-bond acceptors (Lipinski definition) is 3. The average molecular weight is 664 g/mol. The molecule has 2 amide bonds. The van der Waals surface area contributed by atoms with Gasteiger partial charge in [-0.1, -0.05) is 48.5 Å². The van der Waals surface area contributed by atoms with Crippen LogP contribution in [0.15, 0.2) is 47.8 Å². The summed E-state index contributed by atoms with van der Waals surface area (Å²) in [4.78, 5) is 31.6. The first-order valence-electron chi connectivity index (χ1n) is 13.6. The zero-order chi connectivity index (χ0) is 31.1. The number of thiophene rings is 1. The van der Waals surface area contributed by atoms with Crippen LogP contribution in [0, 0.1) is 0 Å². The summed E-state index contributed by atoms with van der Waals surface area (Å²) in [6.07, 6.45) is -6.43. The van der Waals surface area contributed by atoms with Gasteiger partial charge in [-0.15, -0.1) is 11.3 Å². The lowest BCUT2D eigenvalue weighted by molar-refractivity contribution is -0.143. The summed E-state index contributed by atoms with van der Waals surface area (Å²) in [5.74, 6) is -1.54. The summed E-state index contributed by atoms with van der Waals surface area (Å²) in [5.41, 5.74) is -2.46. The Bertz CT molecular complexity index is 1480. The maximum Gasteiger partial charge on any atom is 0.416 e. The molecule has 0 radical (unpaired) electrons. The maximum atomic E-state index is 14.0. The van der Waals surface area contributed by atoms with Gasteiger partial charge in [-0.2, -0.15) is 26.3 Å². The number of benzene rings is 2. The number of halogens is 8. The molecule has 0 saturated heterocycles. The van der Waals surface area contributed by atoms with Crippen LogP contribution in [0.5, 0.6) is 0 Å². The monoisotopic (exact) mass is 662 g/mol. The van der Waals surface area contributed by atoms with Crippen LogP contribution in [0.25, 0.3) is 0 Å². The lowest BCUT2D eigenvalue weighted by Crippen LogP contribution is -2.50. The molecule has 43 heavy (non-hydrogen) atoms.